The second-order valence-electron chi connectivity index (χ2n) is 7.56. The van der Waals surface area contributed by atoms with Gasteiger partial charge < -0.3 is 10.1 Å². The molecule has 0 aliphatic heterocycles. The third kappa shape index (κ3) is 5.01. The van der Waals surface area contributed by atoms with Gasteiger partial charge in [-0.3, -0.25) is 9.59 Å². The van der Waals surface area contributed by atoms with E-state index in [0.29, 0.717) is 12.5 Å². The van der Waals surface area contributed by atoms with Gasteiger partial charge in [-0.2, -0.15) is 0 Å². The Morgan fingerprint density at radius 3 is 2.33 bits per heavy atom. The van der Waals surface area contributed by atoms with Crippen molar-refractivity contribution in [3.8, 4) is 0 Å². The molecule has 1 saturated carbocycles. The zero-order chi connectivity index (χ0) is 16.2. The molecule has 1 aliphatic rings. The summed E-state index contributed by atoms with van der Waals surface area (Å²) >= 11 is 0. The Hall–Kier alpha value is -1.06. The first kappa shape index (κ1) is 18.0. The summed E-state index contributed by atoms with van der Waals surface area (Å²) in [6.07, 6.45) is 3.26. The molecule has 0 bridgehead atoms. The molecule has 4 atom stereocenters. The largest absolute Gasteiger partial charge is 0.465 e. The predicted octanol–water partition coefficient (Wildman–Crippen LogP) is 3.15. The van der Waals surface area contributed by atoms with Crippen LogP contribution in [0, 0.1) is 23.2 Å². The Balaban J connectivity index is 2.75. The normalized spacial score (nSPS) is 27.8. The van der Waals surface area contributed by atoms with E-state index in [9.17, 15) is 9.59 Å². The summed E-state index contributed by atoms with van der Waals surface area (Å²) in [7, 11) is 0. The zero-order valence-electron chi connectivity index (χ0n) is 14.4. The van der Waals surface area contributed by atoms with Gasteiger partial charge in [0.15, 0.2) is 0 Å². The molecule has 1 rings (SSSR count). The highest BCUT2D eigenvalue weighted by Gasteiger charge is 2.40. The average Bonchev–Trinajstić information content (AvgIpc) is 2.31. The molecule has 0 aromatic heterocycles. The van der Waals surface area contributed by atoms with E-state index in [2.05, 4.69) is 19.2 Å². The number of amides is 1. The highest BCUT2D eigenvalue weighted by atomic mass is 16.5. The topological polar surface area (TPSA) is 55.4 Å². The molecule has 4 nitrogen and oxygen atoms in total. The van der Waals surface area contributed by atoms with E-state index < -0.39 is 17.3 Å². The average molecular weight is 297 g/mol. The summed E-state index contributed by atoms with van der Waals surface area (Å²) in [4.78, 5) is 24.7. The van der Waals surface area contributed by atoms with Gasteiger partial charge in [0.2, 0.25) is 5.91 Å². The highest BCUT2D eigenvalue weighted by Crippen LogP contribution is 2.31. The smallest absolute Gasteiger partial charge is 0.319 e. The fourth-order valence-electron chi connectivity index (χ4n) is 3.23. The van der Waals surface area contributed by atoms with E-state index in [1.54, 1.807) is 6.92 Å². The predicted molar refractivity (Wildman–Crippen MR) is 83.7 cm³/mol. The molecule has 4 unspecified atom stereocenters. The van der Waals surface area contributed by atoms with Crippen molar-refractivity contribution in [2.24, 2.45) is 23.2 Å². The molecule has 0 saturated heterocycles. The van der Waals surface area contributed by atoms with Crippen LogP contribution in [0.2, 0.25) is 0 Å². The van der Waals surface area contributed by atoms with Crippen LogP contribution in [0.4, 0.5) is 0 Å². The molecular weight excluding hydrogens is 266 g/mol. The molecule has 1 aliphatic carbocycles. The molecule has 0 aromatic carbocycles. The number of nitrogens with one attached hydrogen (secondary N) is 1. The lowest BCUT2D eigenvalue weighted by molar-refractivity contribution is -0.157. The summed E-state index contributed by atoms with van der Waals surface area (Å²) in [5.74, 6) is -0.173. The number of carbonyl (C=O) groups is 2. The molecule has 0 radical (unpaired) electrons. The minimum atomic E-state index is -0.746. The number of ether oxygens (including phenoxy) is 1. The summed E-state index contributed by atoms with van der Waals surface area (Å²) in [5.41, 5.74) is -0.443. The highest BCUT2D eigenvalue weighted by molar-refractivity contribution is 5.98. The summed E-state index contributed by atoms with van der Waals surface area (Å²) < 4.78 is 5.08. The number of hydrogen-bond donors (Lipinski definition) is 1. The van der Waals surface area contributed by atoms with Crippen molar-refractivity contribution >= 4 is 11.9 Å². The lowest BCUT2D eigenvalue weighted by Gasteiger charge is -2.35. The lowest BCUT2D eigenvalue weighted by Crippen LogP contribution is -2.50. The van der Waals surface area contributed by atoms with Gasteiger partial charge in [-0.25, -0.2) is 0 Å². The molecule has 1 fully saturated rings. The van der Waals surface area contributed by atoms with Gasteiger partial charge in [-0.15, -0.1) is 0 Å². The van der Waals surface area contributed by atoms with Crippen LogP contribution >= 0.6 is 0 Å². The Morgan fingerprint density at radius 1 is 1.24 bits per heavy atom. The van der Waals surface area contributed by atoms with Gasteiger partial charge in [0.05, 0.1) is 6.61 Å². The van der Waals surface area contributed by atoms with Gasteiger partial charge in [-0.1, -0.05) is 34.6 Å². The third-order valence-corrected chi connectivity index (χ3v) is 4.41. The van der Waals surface area contributed by atoms with E-state index in [0.717, 1.165) is 25.2 Å². The van der Waals surface area contributed by atoms with Crippen LogP contribution in [-0.2, 0) is 14.3 Å². The number of rotatable bonds is 4. The monoisotopic (exact) mass is 297 g/mol. The van der Waals surface area contributed by atoms with Crippen LogP contribution in [0.1, 0.15) is 60.8 Å². The van der Waals surface area contributed by atoms with Gasteiger partial charge in [-0.05, 0) is 43.4 Å². The number of esters is 1. The van der Waals surface area contributed by atoms with Crippen LogP contribution in [0.5, 0.6) is 0 Å². The molecule has 21 heavy (non-hydrogen) atoms. The first-order valence-corrected chi connectivity index (χ1v) is 8.13. The maximum absolute atomic E-state index is 12.6. The first-order chi connectivity index (χ1) is 9.66. The number of hydrogen-bond acceptors (Lipinski definition) is 3. The van der Waals surface area contributed by atoms with Crippen LogP contribution in [-0.4, -0.2) is 24.5 Å². The zero-order valence-corrected chi connectivity index (χ0v) is 14.4. The van der Waals surface area contributed by atoms with Crippen LogP contribution < -0.4 is 5.32 Å². The minimum absolute atomic E-state index is 0.174. The molecule has 0 heterocycles. The Kier molecular flexibility index (Phi) is 6.24. The van der Waals surface area contributed by atoms with E-state index in [4.69, 9.17) is 4.74 Å². The molecule has 1 amide bonds. The van der Waals surface area contributed by atoms with Crippen molar-refractivity contribution in [3.05, 3.63) is 0 Å². The quantitative estimate of drug-likeness (QED) is 0.640. The van der Waals surface area contributed by atoms with Gasteiger partial charge in [0, 0.05) is 6.04 Å². The maximum Gasteiger partial charge on any atom is 0.319 e. The molecule has 4 heteroatoms. The summed E-state index contributed by atoms with van der Waals surface area (Å²) in [6, 6.07) is 0.174. The van der Waals surface area contributed by atoms with Gasteiger partial charge in [0.1, 0.15) is 5.92 Å². The van der Waals surface area contributed by atoms with Crippen molar-refractivity contribution < 1.29 is 14.3 Å². The van der Waals surface area contributed by atoms with Gasteiger partial charge >= 0.3 is 5.97 Å². The SMILES string of the molecule is CCOC(=O)C(C(=O)NC1CCC(C)CC1C)C(C)(C)C. The first-order valence-electron chi connectivity index (χ1n) is 8.13. The second-order valence-corrected chi connectivity index (χ2v) is 7.56. The lowest BCUT2D eigenvalue weighted by atomic mass is 9.77. The van der Waals surface area contributed by atoms with E-state index in [1.165, 1.54) is 0 Å². The van der Waals surface area contributed by atoms with Crippen molar-refractivity contribution in [2.45, 2.75) is 66.8 Å². The standard InChI is InChI=1S/C17H31NO3/c1-7-21-16(20)14(17(4,5)6)15(19)18-13-9-8-11(2)10-12(13)3/h11-14H,7-10H2,1-6H3,(H,18,19). The van der Waals surface area contributed by atoms with Crippen LogP contribution in [0.3, 0.4) is 0 Å². The minimum Gasteiger partial charge on any atom is -0.465 e. The number of carbonyl (C=O) groups excluding carboxylic acids is 2. The van der Waals surface area contributed by atoms with Gasteiger partial charge in [0.25, 0.3) is 0 Å². The maximum atomic E-state index is 12.6. The van der Waals surface area contributed by atoms with E-state index in [-0.39, 0.29) is 11.9 Å². The Morgan fingerprint density at radius 2 is 1.86 bits per heavy atom. The summed E-state index contributed by atoms with van der Waals surface area (Å²) in [6.45, 7) is 12.2. The Labute approximate surface area is 129 Å². The van der Waals surface area contributed by atoms with Crippen molar-refractivity contribution in [1.82, 2.24) is 5.32 Å². The molecule has 122 valence electrons. The molecule has 0 spiro atoms. The van der Waals surface area contributed by atoms with E-state index in [1.807, 2.05) is 20.8 Å². The van der Waals surface area contributed by atoms with Crippen molar-refractivity contribution in [3.63, 3.8) is 0 Å². The van der Waals surface area contributed by atoms with Crippen molar-refractivity contribution in [2.75, 3.05) is 6.61 Å². The summed E-state index contributed by atoms with van der Waals surface area (Å²) in [5, 5.41) is 3.10. The molecular formula is C17H31NO3. The fourth-order valence-corrected chi connectivity index (χ4v) is 3.23. The van der Waals surface area contributed by atoms with Crippen LogP contribution in [0.25, 0.3) is 0 Å². The molecule has 1 N–H and O–H groups in total. The third-order valence-electron chi connectivity index (χ3n) is 4.41. The Bertz CT molecular complexity index is 373. The van der Waals surface area contributed by atoms with Crippen molar-refractivity contribution in [1.29, 1.82) is 0 Å². The molecule has 0 aromatic rings. The second kappa shape index (κ2) is 7.28. The van der Waals surface area contributed by atoms with E-state index >= 15 is 0 Å². The van der Waals surface area contributed by atoms with Crippen LogP contribution in [0.15, 0.2) is 0 Å². The fraction of sp³-hybridized carbons (Fsp3) is 0.882.